The minimum absolute atomic E-state index is 0.0749. The van der Waals surface area contributed by atoms with E-state index in [4.69, 9.17) is 4.74 Å². The van der Waals surface area contributed by atoms with Crippen molar-refractivity contribution in [3.05, 3.63) is 71.8 Å². The Morgan fingerprint density at radius 2 is 1.45 bits per heavy atom. The molecule has 1 heterocycles. The molecule has 0 aromatic heterocycles. The highest BCUT2D eigenvalue weighted by Crippen LogP contribution is 2.18. The third kappa shape index (κ3) is 6.69. The first-order chi connectivity index (χ1) is 14.1. The third-order valence-electron chi connectivity index (χ3n) is 5.20. The van der Waals surface area contributed by atoms with Gasteiger partial charge in [0.15, 0.2) is 0 Å². The van der Waals surface area contributed by atoms with Crippen LogP contribution in [0.1, 0.15) is 36.6 Å². The highest BCUT2D eigenvalue weighted by molar-refractivity contribution is 5.79. The molecule has 1 aliphatic heterocycles. The molecule has 3 rings (SSSR count). The van der Waals surface area contributed by atoms with Crippen LogP contribution in [-0.4, -0.2) is 44.7 Å². The third-order valence-corrected chi connectivity index (χ3v) is 5.20. The largest absolute Gasteiger partial charge is 0.370 e. The highest BCUT2D eigenvalue weighted by Gasteiger charge is 2.24. The molecule has 3 N–H and O–H groups in total. The quantitative estimate of drug-likeness (QED) is 0.624. The van der Waals surface area contributed by atoms with Crippen LogP contribution >= 0.6 is 0 Å². The van der Waals surface area contributed by atoms with E-state index in [1.54, 1.807) is 0 Å². The zero-order chi connectivity index (χ0) is 20.5. The lowest BCUT2D eigenvalue weighted by Crippen LogP contribution is -3.14. The molecule has 29 heavy (non-hydrogen) atoms. The first-order valence-corrected chi connectivity index (χ1v) is 10.2. The first-order valence-electron chi connectivity index (χ1n) is 10.2. The highest BCUT2D eigenvalue weighted by atomic mass is 16.5. The molecular weight excluding hydrogens is 366 g/mol. The Hall–Kier alpha value is -2.70. The Morgan fingerprint density at radius 1 is 0.897 bits per heavy atom. The van der Waals surface area contributed by atoms with Crippen LogP contribution in [-0.2, 0) is 14.3 Å². The maximum atomic E-state index is 12.9. The Morgan fingerprint density at radius 3 is 2.00 bits per heavy atom. The van der Waals surface area contributed by atoms with Gasteiger partial charge in [-0.15, -0.1) is 0 Å². The number of hydrogen-bond acceptors (Lipinski definition) is 3. The van der Waals surface area contributed by atoms with E-state index >= 15 is 0 Å². The fourth-order valence-electron chi connectivity index (χ4n) is 3.71. The fourth-order valence-corrected chi connectivity index (χ4v) is 3.71. The molecule has 0 aliphatic carbocycles. The molecule has 6 nitrogen and oxygen atoms in total. The van der Waals surface area contributed by atoms with Crippen molar-refractivity contribution in [3.63, 3.8) is 0 Å². The number of nitrogens with one attached hydrogen (secondary N) is 3. The van der Waals surface area contributed by atoms with Crippen molar-refractivity contribution in [2.45, 2.75) is 25.4 Å². The summed E-state index contributed by atoms with van der Waals surface area (Å²) in [5.41, 5.74) is 2.02. The smallest absolute Gasteiger partial charge is 0.223 e. The average Bonchev–Trinajstić information content (AvgIpc) is 2.74. The van der Waals surface area contributed by atoms with Crippen LogP contribution in [0.3, 0.4) is 0 Å². The molecule has 2 aromatic rings. The maximum Gasteiger partial charge on any atom is 0.223 e. The van der Waals surface area contributed by atoms with Crippen LogP contribution in [0.5, 0.6) is 0 Å². The molecule has 2 amide bonds. The van der Waals surface area contributed by atoms with Crippen molar-refractivity contribution in [3.8, 4) is 0 Å². The normalized spacial score (nSPS) is 16.6. The zero-order valence-electron chi connectivity index (χ0n) is 16.9. The first kappa shape index (κ1) is 21.0. The predicted octanol–water partition coefficient (Wildman–Crippen LogP) is 1.03. The number of carbonyl (C=O) groups excluding carboxylic acids is 2. The summed E-state index contributed by atoms with van der Waals surface area (Å²) in [5, 5.41) is 6.10. The number of hydrogen-bond donors (Lipinski definition) is 3. The SMILES string of the molecule is CC(=O)N[C@H](CC(=O)N[C@H](C[NH+]1CCOCC1)c1ccccc1)c1ccccc1. The van der Waals surface area contributed by atoms with Gasteiger partial charge in [-0.1, -0.05) is 60.7 Å². The van der Waals surface area contributed by atoms with E-state index in [-0.39, 0.29) is 30.3 Å². The molecular formula is C23H30N3O3+. The molecule has 2 atom stereocenters. The fraction of sp³-hybridized carbons (Fsp3) is 0.391. The van der Waals surface area contributed by atoms with E-state index < -0.39 is 0 Å². The van der Waals surface area contributed by atoms with Crippen molar-refractivity contribution in [2.24, 2.45) is 0 Å². The average molecular weight is 397 g/mol. The lowest BCUT2D eigenvalue weighted by atomic mass is 10.0. The summed E-state index contributed by atoms with van der Waals surface area (Å²) in [7, 11) is 0. The second kappa shape index (κ2) is 10.7. The standard InChI is InChI=1S/C23H29N3O3/c1-18(27)24-21(19-8-4-2-5-9-19)16-23(28)25-22(20-10-6-3-7-11-20)17-26-12-14-29-15-13-26/h2-11,21-22H,12-17H2,1H3,(H,24,27)(H,25,28)/p+1/t21-,22-/m1/s1. The molecule has 0 radical (unpaired) electrons. The second-order valence-corrected chi connectivity index (χ2v) is 7.47. The van der Waals surface area contributed by atoms with Crippen LogP contribution < -0.4 is 15.5 Å². The van der Waals surface area contributed by atoms with E-state index in [9.17, 15) is 9.59 Å². The van der Waals surface area contributed by atoms with Crippen LogP contribution in [0.4, 0.5) is 0 Å². The second-order valence-electron chi connectivity index (χ2n) is 7.47. The van der Waals surface area contributed by atoms with E-state index in [1.165, 1.54) is 11.8 Å². The van der Waals surface area contributed by atoms with Crippen LogP contribution in [0.15, 0.2) is 60.7 Å². The summed E-state index contributed by atoms with van der Waals surface area (Å²) in [6.45, 7) is 5.68. The van der Waals surface area contributed by atoms with Gasteiger partial charge in [0.25, 0.3) is 0 Å². The van der Waals surface area contributed by atoms with Crippen LogP contribution in [0.25, 0.3) is 0 Å². The van der Waals surface area contributed by atoms with Gasteiger partial charge >= 0.3 is 0 Å². The minimum Gasteiger partial charge on any atom is -0.370 e. The van der Waals surface area contributed by atoms with Gasteiger partial charge in [-0.05, 0) is 11.1 Å². The summed E-state index contributed by atoms with van der Waals surface area (Å²) in [4.78, 5) is 26.0. The number of ether oxygens (including phenoxy) is 1. The van der Waals surface area contributed by atoms with E-state index in [2.05, 4.69) is 10.6 Å². The van der Waals surface area contributed by atoms with Gasteiger partial charge in [0.2, 0.25) is 11.8 Å². The van der Waals surface area contributed by atoms with Gasteiger partial charge in [-0.3, -0.25) is 9.59 Å². The van der Waals surface area contributed by atoms with Crippen LogP contribution in [0, 0.1) is 0 Å². The molecule has 0 unspecified atom stereocenters. The van der Waals surface area contributed by atoms with E-state index in [0.29, 0.717) is 0 Å². The van der Waals surface area contributed by atoms with Gasteiger partial charge in [0, 0.05) is 6.92 Å². The summed E-state index contributed by atoms with van der Waals surface area (Å²) in [6.07, 6.45) is 0.200. The molecule has 1 aliphatic rings. The van der Waals surface area contributed by atoms with Gasteiger partial charge in [0.05, 0.1) is 25.7 Å². The van der Waals surface area contributed by atoms with Gasteiger partial charge in [-0.2, -0.15) is 0 Å². The number of amides is 2. The number of carbonyl (C=O) groups is 2. The minimum atomic E-state index is -0.346. The summed E-state index contributed by atoms with van der Waals surface area (Å²) < 4.78 is 5.46. The Kier molecular flexibility index (Phi) is 7.78. The van der Waals surface area contributed by atoms with Crippen molar-refractivity contribution in [1.29, 1.82) is 0 Å². The predicted molar refractivity (Wildman–Crippen MR) is 111 cm³/mol. The molecule has 0 saturated carbocycles. The lowest BCUT2D eigenvalue weighted by Gasteiger charge is -2.29. The summed E-state index contributed by atoms with van der Waals surface area (Å²) >= 11 is 0. The van der Waals surface area contributed by atoms with Gasteiger partial charge < -0.3 is 20.3 Å². The van der Waals surface area contributed by atoms with Crippen molar-refractivity contribution < 1.29 is 19.2 Å². The van der Waals surface area contributed by atoms with Gasteiger partial charge in [-0.25, -0.2) is 0 Å². The number of rotatable bonds is 8. The molecule has 2 aromatic carbocycles. The molecule has 0 spiro atoms. The van der Waals surface area contributed by atoms with E-state index in [0.717, 1.165) is 44.0 Å². The number of quaternary nitrogens is 1. The van der Waals surface area contributed by atoms with Crippen molar-refractivity contribution in [2.75, 3.05) is 32.8 Å². The lowest BCUT2D eigenvalue weighted by molar-refractivity contribution is -0.909. The summed E-state index contributed by atoms with van der Waals surface area (Å²) in [6, 6.07) is 19.2. The Labute approximate surface area is 172 Å². The monoisotopic (exact) mass is 396 g/mol. The zero-order valence-corrected chi connectivity index (χ0v) is 16.9. The molecule has 0 bridgehead atoms. The Bertz CT molecular complexity index is 776. The summed E-state index contributed by atoms with van der Waals surface area (Å²) in [5.74, 6) is -0.224. The van der Waals surface area contributed by atoms with Gasteiger partial charge in [0.1, 0.15) is 25.7 Å². The Balaban J connectivity index is 1.69. The maximum absolute atomic E-state index is 12.9. The van der Waals surface area contributed by atoms with Crippen molar-refractivity contribution in [1.82, 2.24) is 10.6 Å². The molecule has 154 valence electrons. The van der Waals surface area contributed by atoms with E-state index in [1.807, 2.05) is 60.7 Å². The molecule has 1 saturated heterocycles. The number of morpholine rings is 1. The topological polar surface area (TPSA) is 71.9 Å². The number of benzene rings is 2. The molecule has 1 fully saturated rings. The van der Waals surface area contributed by atoms with Crippen molar-refractivity contribution >= 4 is 11.8 Å². The van der Waals surface area contributed by atoms with Crippen LogP contribution in [0.2, 0.25) is 0 Å². The molecule has 6 heteroatoms.